The van der Waals surface area contributed by atoms with Gasteiger partial charge in [-0.05, 0) is 18.9 Å². The van der Waals surface area contributed by atoms with E-state index < -0.39 is 5.56 Å². The van der Waals surface area contributed by atoms with Gasteiger partial charge in [0.2, 0.25) is 0 Å². The molecule has 3 aromatic heterocycles. The summed E-state index contributed by atoms with van der Waals surface area (Å²) in [6.07, 6.45) is 1.41. The zero-order valence-electron chi connectivity index (χ0n) is 13.5. The van der Waals surface area contributed by atoms with Crippen molar-refractivity contribution in [3.8, 4) is 11.5 Å². The van der Waals surface area contributed by atoms with E-state index in [1.807, 2.05) is 13.8 Å². The number of H-pyrrole nitrogens is 2. The van der Waals surface area contributed by atoms with Gasteiger partial charge in [0.05, 0.1) is 0 Å². The Bertz CT molecular complexity index is 1040. The first-order chi connectivity index (χ1) is 11.6. The minimum absolute atomic E-state index is 0.263. The molecule has 0 bridgehead atoms. The Morgan fingerprint density at radius 3 is 2.38 bits per heavy atom. The third-order valence-corrected chi connectivity index (χ3v) is 3.68. The molecular weight excluding hydrogens is 312 g/mol. The van der Waals surface area contributed by atoms with Crippen LogP contribution in [-0.4, -0.2) is 29.3 Å². The third-order valence-electron chi connectivity index (χ3n) is 3.68. The first-order valence-electron chi connectivity index (χ1n) is 7.86. The van der Waals surface area contributed by atoms with Crippen molar-refractivity contribution < 1.29 is 0 Å². The molecule has 0 aliphatic heterocycles. The van der Waals surface area contributed by atoms with E-state index in [2.05, 4.69) is 20.2 Å². The second-order valence-corrected chi connectivity index (χ2v) is 5.48. The molecule has 0 saturated carbocycles. The maximum Gasteiger partial charge on any atom is 0.332 e. The highest BCUT2D eigenvalue weighted by Gasteiger charge is 2.17. The zero-order valence-corrected chi connectivity index (χ0v) is 13.5. The molecule has 3 heterocycles. The number of hydrogen-bond donors (Lipinski definition) is 2. The number of rotatable bonds is 5. The fraction of sp³-hybridized carbons (Fsp3) is 0.400. The fourth-order valence-electron chi connectivity index (χ4n) is 2.61. The van der Waals surface area contributed by atoms with Crippen LogP contribution < -0.4 is 16.8 Å². The third kappa shape index (κ3) is 2.57. The van der Waals surface area contributed by atoms with E-state index in [1.165, 1.54) is 21.3 Å². The minimum atomic E-state index is -0.396. The molecule has 0 amide bonds. The van der Waals surface area contributed by atoms with Crippen LogP contribution in [0.3, 0.4) is 0 Å². The highest BCUT2D eigenvalue weighted by atomic mass is 16.2. The van der Waals surface area contributed by atoms with Gasteiger partial charge in [0.25, 0.3) is 11.1 Å². The van der Waals surface area contributed by atoms with Crippen LogP contribution in [0.25, 0.3) is 22.7 Å². The number of hydrogen-bond acceptors (Lipinski definition) is 5. The molecule has 2 N–H and O–H groups in total. The lowest BCUT2D eigenvalue weighted by Gasteiger charge is -2.09. The first kappa shape index (κ1) is 15.9. The van der Waals surface area contributed by atoms with Crippen LogP contribution in [0.2, 0.25) is 0 Å². The van der Waals surface area contributed by atoms with Crippen LogP contribution in [-0.2, 0) is 13.1 Å². The highest BCUT2D eigenvalue weighted by Crippen LogP contribution is 2.14. The summed E-state index contributed by atoms with van der Waals surface area (Å²) in [7, 11) is 0. The second kappa shape index (κ2) is 6.26. The van der Waals surface area contributed by atoms with E-state index in [1.54, 1.807) is 0 Å². The van der Waals surface area contributed by atoms with Gasteiger partial charge >= 0.3 is 5.69 Å². The monoisotopic (exact) mass is 330 g/mol. The van der Waals surface area contributed by atoms with E-state index >= 15 is 0 Å². The second-order valence-electron chi connectivity index (χ2n) is 5.48. The summed E-state index contributed by atoms with van der Waals surface area (Å²) >= 11 is 0. The summed E-state index contributed by atoms with van der Waals surface area (Å²) in [6, 6.07) is 2.83. The topological polar surface area (TPSA) is 118 Å². The quantitative estimate of drug-likeness (QED) is 0.704. The van der Waals surface area contributed by atoms with E-state index in [9.17, 15) is 14.4 Å². The zero-order chi connectivity index (χ0) is 17.3. The highest BCUT2D eigenvalue weighted by molar-refractivity contribution is 5.74. The van der Waals surface area contributed by atoms with Gasteiger partial charge in [-0.1, -0.05) is 13.8 Å². The number of imidazole rings is 1. The van der Waals surface area contributed by atoms with Gasteiger partial charge in [-0.2, -0.15) is 5.10 Å². The Kier molecular flexibility index (Phi) is 4.15. The van der Waals surface area contributed by atoms with Gasteiger partial charge < -0.3 is 4.98 Å². The smallest absolute Gasteiger partial charge is 0.331 e. The Balaban J connectivity index is 2.31. The molecule has 0 unspecified atom stereocenters. The van der Waals surface area contributed by atoms with E-state index in [0.29, 0.717) is 36.7 Å². The van der Waals surface area contributed by atoms with Crippen molar-refractivity contribution in [1.29, 1.82) is 0 Å². The lowest BCUT2D eigenvalue weighted by molar-refractivity contribution is 0.555. The van der Waals surface area contributed by atoms with E-state index in [0.717, 1.165) is 6.42 Å². The molecule has 0 aliphatic rings. The maximum atomic E-state index is 12.6. The number of aromatic amines is 2. The molecule has 3 rings (SSSR count). The van der Waals surface area contributed by atoms with E-state index in [4.69, 9.17) is 0 Å². The number of nitrogens with one attached hydrogen (secondary N) is 2. The summed E-state index contributed by atoms with van der Waals surface area (Å²) in [4.78, 5) is 43.6. The van der Waals surface area contributed by atoms with Gasteiger partial charge in [0.15, 0.2) is 11.5 Å². The van der Waals surface area contributed by atoms with Crippen molar-refractivity contribution in [2.45, 2.75) is 39.8 Å². The Morgan fingerprint density at radius 2 is 1.75 bits per heavy atom. The van der Waals surface area contributed by atoms with Crippen molar-refractivity contribution in [2.24, 2.45) is 0 Å². The summed E-state index contributed by atoms with van der Waals surface area (Å²) in [5.74, 6) is 0.330. The van der Waals surface area contributed by atoms with Crippen LogP contribution in [0.15, 0.2) is 26.5 Å². The normalized spacial score (nSPS) is 11.2. The van der Waals surface area contributed by atoms with Crippen molar-refractivity contribution in [3.63, 3.8) is 0 Å². The Morgan fingerprint density at radius 1 is 1.04 bits per heavy atom. The van der Waals surface area contributed by atoms with Gasteiger partial charge in [0.1, 0.15) is 11.2 Å². The maximum absolute atomic E-state index is 12.6. The Hall–Kier alpha value is -2.97. The molecule has 3 aromatic rings. The van der Waals surface area contributed by atoms with Crippen LogP contribution in [0.1, 0.15) is 26.7 Å². The van der Waals surface area contributed by atoms with E-state index in [-0.39, 0.29) is 16.8 Å². The molecule has 9 heteroatoms. The summed E-state index contributed by atoms with van der Waals surface area (Å²) < 4.78 is 2.72. The van der Waals surface area contributed by atoms with Crippen molar-refractivity contribution in [1.82, 2.24) is 29.3 Å². The van der Waals surface area contributed by atoms with Crippen LogP contribution in [0, 0.1) is 0 Å². The van der Waals surface area contributed by atoms with Crippen LogP contribution in [0.5, 0.6) is 0 Å². The number of nitrogens with zero attached hydrogens (tertiary/aromatic N) is 4. The number of aryl methyl sites for hydroxylation is 1. The van der Waals surface area contributed by atoms with Crippen molar-refractivity contribution in [2.75, 3.05) is 0 Å². The average molecular weight is 330 g/mol. The summed E-state index contributed by atoms with van der Waals surface area (Å²) in [5.41, 5.74) is -0.122. The predicted octanol–water partition coefficient (Wildman–Crippen LogP) is 0.457. The van der Waals surface area contributed by atoms with Crippen molar-refractivity contribution >= 4 is 11.2 Å². The standard InChI is InChI=1S/C15H18N6O3/c1-3-7-20-13-11(14(23)21(8-4-2)15(20)24)16-12(17-13)9-5-6-10(22)19-18-9/h5-6H,3-4,7-8H2,1-2H3,(H,16,17)(H,19,22). The van der Waals surface area contributed by atoms with Crippen molar-refractivity contribution in [3.05, 3.63) is 43.3 Å². The minimum Gasteiger partial charge on any atom is -0.331 e. The molecule has 0 spiro atoms. The molecule has 0 aliphatic carbocycles. The number of fused-ring (bicyclic) bond motifs is 1. The largest absolute Gasteiger partial charge is 0.332 e. The van der Waals surface area contributed by atoms with Gasteiger partial charge in [-0.25, -0.2) is 14.9 Å². The fourth-order valence-corrected chi connectivity index (χ4v) is 2.61. The van der Waals surface area contributed by atoms with Crippen LogP contribution >= 0.6 is 0 Å². The summed E-state index contributed by atoms with van der Waals surface area (Å²) in [6.45, 7) is 4.67. The summed E-state index contributed by atoms with van der Waals surface area (Å²) in [5, 5.41) is 6.23. The molecule has 126 valence electrons. The lowest BCUT2D eigenvalue weighted by atomic mass is 10.4. The molecule has 0 atom stereocenters. The molecule has 0 aromatic carbocycles. The van der Waals surface area contributed by atoms with Gasteiger partial charge in [0, 0.05) is 19.2 Å². The molecule has 24 heavy (non-hydrogen) atoms. The molecule has 0 radical (unpaired) electrons. The number of aromatic nitrogens is 6. The SMILES string of the molecule is CCCn1c(=O)c2[nH]c(-c3ccc(=O)[nH]n3)nc2n(CCC)c1=O. The first-order valence-corrected chi connectivity index (χ1v) is 7.86. The van der Waals surface area contributed by atoms with Gasteiger partial charge in [-0.3, -0.25) is 18.7 Å². The molecule has 0 saturated heterocycles. The molecule has 0 fully saturated rings. The average Bonchev–Trinajstić information content (AvgIpc) is 3.01. The van der Waals surface area contributed by atoms with Gasteiger partial charge in [-0.15, -0.1) is 0 Å². The Labute approximate surface area is 136 Å². The lowest BCUT2D eigenvalue weighted by Crippen LogP contribution is -2.40. The van der Waals surface area contributed by atoms with Crippen LogP contribution in [0.4, 0.5) is 0 Å². The predicted molar refractivity (Wildman–Crippen MR) is 89.0 cm³/mol. The molecular formula is C15H18N6O3. The molecule has 9 nitrogen and oxygen atoms in total.